The number of carbonyl (C=O) groups excluding carboxylic acids is 2. The highest BCUT2D eigenvalue weighted by molar-refractivity contribution is 6.00. The van der Waals surface area contributed by atoms with Crippen LogP contribution in [0.15, 0.2) is 30.3 Å². The molecule has 0 radical (unpaired) electrons. The summed E-state index contributed by atoms with van der Waals surface area (Å²) in [6, 6.07) is 8.89. The number of piperazine rings is 1. The first-order chi connectivity index (χ1) is 9.15. The Morgan fingerprint density at radius 1 is 1.16 bits per heavy atom. The Morgan fingerprint density at radius 2 is 1.79 bits per heavy atom. The van der Waals surface area contributed by atoms with Crippen LogP contribution >= 0.6 is 0 Å². The minimum atomic E-state index is -0.595. The molecule has 3 rings (SSSR count). The molecule has 2 aliphatic rings. The quantitative estimate of drug-likeness (QED) is 0.832. The lowest BCUT2D eigenvalue weighted by atomic mass is 9.88. The Labute approximate surface area is 112 Å². The molecular formula is C15H18N2O2. The normalized spacial score (nSPS) is 25.7. The maximum atomic E-state index is 12.5. The van der Waals surface area contributed by atoms with Crippen molar-refractivity contribution in [3.05, 3.63) is 35.9 Å². The highest BCUT2D eigenvalue weighted by Gasteiger charge is 2.52. The number of carbonyl (C=O) groups is 2. The number of rotatable bonds is 1. The van der Waals surface area contributed by atoms with Gasteiger partial charge in [-0.1, -0.05) is 43.2 Å². The van der Waals surface area contributed by atoms with Crippen molar-refractivity contribution in [2.75, 3.05) is 7.05 Å². The molecule has 0 aromatic heterocycles. The molecule has 1 aromatic carbocycles. The maximum Gasteiger partial charge on any atom is 0.250 e. The van der Waals surface area contributed by atoms with Crippen LogP contribution in [0, 0.1) is 0 Å². The third-order valence-electron chi connectivity index (χ3n) is 4.48. The number of likely N-dealkylation sites (N-methyl/N-ethyl adjacent to an activating group) is 1. The van der Waals surface area contributed by atoms with Crippen LogP contribution in [-0.4, -0.2) is 29.3 Å². The Bertz CT molecular complexity index is 506. The van der Waals surface area contributed by atoms with Gasteiger partial charge in [-0.2, -0.15) is 0 Å². The molecule has 100 valence electrons. The van der Waals surface area contributed by atoms with Gasteiger partial charge in [0, 0.05) is 7.05 Å². The van der Waals surface area contributed by atoms with Crippen LogP contribution in [0.5, 0.6) is 0 Å². The lowest BCUT2D eigenvalue weighted by molar-refractivity contribution is -0.155. The SMILES string of the molecule is CN1C(=O)C(c2ccccc2)NC(=O)C12CCCC2. The summed E-state index contributed by atoms with van der Waals surface area (Å²) in [4.78, 5) is 26.7. The molecule has 1 spiro atoms. The van der Waals surface area contributed by atoms with Crippen LogP contribution in [0.3, 0.4) is 0 Å². The van der Waals surface area contributed by atoms with Crippen molar-refractivity contribution in [2.45, 2.75) is 37.3 Å². The topological polar surface area (TPSA) is 49.4 Å². The van der Waals surface area contributed by atoms with Crippen molar-refractivity contribution < 1.29 is 9.59 Å². The van der Waals surface area contributed by atoms with E-state index in [9.17, 15) is 9.59 Å². The first-order valence-electron chi connectivity index (χ1n) is 6.79. The van der Waals surface area contributed by atoms with Crippen molar-refractivity contribution in [2.24, 2.45) is 0 Å². The van der Waals surface area contributed by atoms with E-state index in [4.69, 9.17) is 0 Å². The summed E-state index contributed by atoms with van der Waals surface area (Å²) >= 11 is 0. The average Bonchev–Trinajstić information content (AvgIpc) is 2.93. The van der Waals surface area contributed by atoms with Gasteiger partial charge in [-0.3, -0.25) is 9.59 Å². The zero-order valence-electron chi connectivity index (χ0n) is 11.1. The third-order valence-corrected chi connectivity index (χ3v) is 4.48. The van der Waals surface area contributed by atoms with Gasteiger partial charge >= 0.3 is 0 Å². The van der Waals surface area contributed by atoms with Gasteiger partial charge in [0.25, 0.3) is 0 Å². The third kappa shape index (κ3) is 1.74. The molecule has 1 atom stereocenters. The van der Waals surface area contributed by atoms with Crippen LogP contribution in [0.2, 0.25) is 0 Å². The summed E-state index contributed by atoms with van der Waals surface area (Å²) in [5.74, 6) is -0.00588. The molecule has 2 fully saturated rings. The Balaban J connectivity index is 1.93. The van der Waals surface area contributed by atoms with Gasteiger partial charge in [0.05, 0.1) is 0 Å². The number of nitrogens with one attached hydrogen (secondary N) is 1. The molecule has 1 aliphatic heterocycles. The van der Waals surface area contributed by atoms with Crippen LogP contribution in [0.1, 0.15) is 37.3 Å². The fraction of sp³-hybridized carbons (Fsp3) is 0.467. The fourth-order valence-electron chi connectivity index (χ4n) is 3.28. The van der Waals surface area contributed by atoms with Gasteiger partial charge < -0.3 is 10.2 Å². The van der Waals surface area contributed by atoms with E-state index in [1.54, 1.807) is 11.9 Å². The predicted molar refractivity (Wildman–Crippen MR) is 71.3 cm³/mol. The number of amides is 2. The van der Waals surface area contributed by atoms with Crippen molar-refractivity contribution in [3.63, 3.8) is 0 Å². The van der Waals surface area contributed by atoms with Gasteiger partial charge in [-0.05, 0) is 18.4 Å². The van der Waals surface area contributed by atoms with E-state index in [1.807, 2.05) is 30.3 Å². The smallest absolute Gasteiger partial charge is 0.250 e. The Hall–Kier alpha value is -1.84. The summed E-state index contributed by atoms with van der Waals surface area (Å²) < 4.78 is 0. The molecule has 4 heteroatoms. The zero-order valence-corrected chi connectivity index (χ0v) is 11.1. The second kappa shape index (κ2) is 4.37. The summed E-state index contributed by atoms with van der Waals surface area (Å²) in [5, 5.41) is 2.92. The second-order valence-corrected chi connectivity index (χ2v) is 5.45. The van der Waals surface area contributed by atoms with E-state index >= 15 is 0 Å². The number of nitrogens with zero attached hydrogens (tertiary/aromatic N) is 1. The van der Waals surface area contributed by atoms with Gasteiger partial charge in [0.15, 0.2) is 0 Å². The van der Waals surface area contributed by atoms with Gasteiger partial charge in [0.2, 0.25) is 11.8 Å². The molecule has 2 amide bonds. The predicted octanol–water partition coefficient (Wildman–Crippen LogP) is 1.63. The van der Waals surface area contributed by atoms with E-state index in [0.29, 0.717) is 0 Å². The monoisotopic (exact) mass is 258 g/mol. The first-order valence-corrected chi connectivity index (χ1v) is 6.79. The van der Waals surface area contributed by atoms with E-state index < -0.39 is 11.6 Å². The van der Waals surface area contributed by atoms with E-state index in [0.717, 1.165) is 31.2 Å². The van der Waals surface area contributed by atoms with Gasteiger partial charge in [-0.25, -0.2) is 0 Å². The van der Waals surface area contributed by atoms with Crippen molar-refractivity contribution in [1.29, 1.82) is 0 Å². The molecule has 1 unspecified atom stereocenters. The first kappa shape index (κ1) is 12.2. The number of hydrogen-bond acceptors (Lipinski definition) is 2. The molecule has 1 saturated heterocycles. The molecule has 1 saturated carbocycles. The standard InChI is InChI=1S/C15H18N2O2/c1-17-13(18)12(11-7-3-2-4-8-11)16-14(19)15(17)9-5-6-10-15/h2-4,7-8,12H,5-6,9-10H2,1H3,(H,16,19). The Morgan fingerprint density at radius 3 is 2.42 bits per heavy atom. The highest BCUT2D eigenvalue weighted by Crippen LogP contribution is 2.39. The maximum absolute atomic E-state index is 12.5. The van der Waals surface area contributed by atoms with E-state index in [-0.39, 0.29) is 11.8 Å². The molecule has 1 N–H and O–H groups in total. The number of benzene rings is 1. The molecule has 4 nitrogen and oxygen atoms in total. The van der Waals surface area contributed by atoms with E-state index in [1.165, 1.54) is 0 Å². The lowest BCUT2D eigenvalue weighted by Gasteiger charge is -2.44. The molecule has 1 aliphatic carbocycles. The fourth-order valence-corrected chi connectivity index (χ4v) is 3.28. The second-order valence-electron chi connectivity index (χ2n) is 5.45. The molecular weight excluding hydrogens is 240 g/mol. The highest BCUT2D eigenvalue weighted by atomic mass is 16.2. The van der Waals surface area contributed by atoms with Crippen LogP contribution < -0.4 is 5.32 Å². The van der Waals surface area contributed by atoms with E-state index in [2.05, 4.69) is 5.32 Å². The van der Waals surface area contributed by atoms with Crippen LogP contribution in [0.25, 0.3) is 0 Å². The summed E-state index contributed by atoms with van der Waals surface area (Å²) in [6.07, 6.45) is 3.59. The minimum absolute atomic E-state index is 0.000882. The Kier molecular flexibility index (Phi) is 2.81. The minimum Gasteiger partial charge on any atom is -0.338 e. The molecule has 1 aromatic rings. The average molecular weight is 258 g/mol. The summed E-state index contributed by atoms with van der Waals surface area (Å²) in [6.45, 7) is 0. The zero-order chi connectivity index (χ0) is 13.5. The van der Waals surface area contributed by atoms with Gasteiger partial charge in [0.1, 0.15) is 11.6 Å². The van der Waals surface area contributed by atoms with Crippen LogP contribution in [-0.2, 0) is 9.59 Å². The van der Waals surface area contributed by atoms with Crippen molar-refractivity contribution in [1.82, 2.24) is 10.2 Å². The largest absolute Gasteiger partial charge is 0.338 e. The van der Waals surface area contributed by atoms with Gasteiger partial charge in [-0.15, -0.1) is 0 Å². The lowest BCUT2D eigenvalue weighted by Crippen LogP contribution is -2.65. The van der Waals surface area contributed by atoms with Crippen LogP contribution in [0.4, 0.5) is 0 Å². The molecule has 19 heavy (non-hydrogen) atoms. The summed E-state index contributed by atoms with van der Waals surface area (Å²) in [5.41, 5.74) is 0.253. The number of hydrogen-bond donors (Lipinski definition) is 1. The van der Waals surface area contributed by atoms with Crippen molar-refractivity contribution >= 4 is 11.8 Å². The molecule has 0 bridgehead atoms. The molecule has 1 heterocycles. The summed E-state index contributed by atoms with van der Waals surface area (Å²) in [7, 11) is 1.77. The van der Waals surface area contributed by atoms with Crippen molar-refractivity contribution in [3.8, 4) is 0 Å².